The van der Waals surface area contributed by atoms with Gasteiger partial charge < -0.3 is 10.2 Å². The molecule has 0 aliphatic carbocycles. The summed E-state index contributed by atoms with van der Waals surface area (Å²) in [4.78, 5) is 1.79. The summed E-state index contributed by atoms with van der Waals surface area (Å²) in [6.45, 7) is 1.28. The van der Waals surface area contributed by atoms with Crippen molar-refractivity contribution < 1.29 is 17.6 Å². The molecule has 0 spiro atoms. The van der Waals surface area contributed by atoms with Crippen molar-refractivity contribution in [2.75, 3.05) is 25.0 Å². The van der Waals surface area contributed by atoms with Crippen molar-refractivity contribution in [2.24, 2.45) is 0 Å². The maximum Gasteiger partial charge on any atom is 0.416 e. The van der Waals surface area contributed by atoms with Crippen LogP contribution < -0.4 is 10.2 Å². The fourth-order valence-electron chi connectivity index (χ4n) is 2.37. The number of hydrogen-bond acceptors (Lipinski definition) is 2. The topological polar surface area (TPSA) is 15.3 Å². The van der Waals surface area contributed by atoms with Crippen LogP contribution in [-0.2, 0) is 6.18 Å². The highest BCUT2D eigenvalue weighted by Crippen LogP contribution is 2.32. The first-order valence-corrected chi connectivity index (χ1v) is 6.21. The smallest absolute Gasteiger partial charge is 0.368 e. The Morgan fingerprint density at radius 2 is 2.05 bits per heavy atom. The normalized spacial score (nSPS) is 20.7. The van der Waals surface area contributed by atoms with Gasteiger partial charge in [-0.25, -0.2) is 4.39 Å². The van der Waals surface area contributed by atoms with E-state index >= 15 is 0 Å². The molecule has 0 saturated carbocycles. The van der Waals surface area contributed by atoms with Gasteiger partial charge >= 0.3 is 6.18 Å². The summed E-state index contributed by atoms with van der Waals surface area (Å²) in [6, 6.07) is 2.96. The van der Waals surface area contributed by atoms with Crippen LogP contribution in [0.1, 0.15) is 18.4 Å². The van der Waals surface area contributed by atoms with Crippen LogP contribution in [0.4, 0.5) is 23.2 Å². The lowest BCUT2D eigenvalue weighted by Crippen LogP contribution is -2.44. The van der Waals surface area contributed by atoms with E-state index in [2.05, 4.69) is 5.32 Å². The number of hydrogen-bond donors (Lipinski definition) is 1. The van der Waals surface area contributed by atoms with Crippen LogP contribution in [0.2, 0.25) is 0 Å². The molecule has 106 valence electrons. The van der Waals surface area contributed by atoms with E-state index in [0.29, 0.717) is 19.2 Å². The Morgan fingerprint density at radius 3 is 2.63 bits per heavy atom. The van der Waals surface area contributed by atoms with Crippen LogP contribution in [0.3, 0.4) is 0 Å². The monoisotopic (exact) mass is 276 g/mol. The Balaban J connectivity index is 2.21. The van der Waals surface area contributed by atoms with Crippen molar-refractivity contribution in [1.82, 2.24) is 5.32 Å². The molecular weight excluding hydrogens is 260 g/mol. The average molecular weight is 276 g/mol. The number of rotatable bonds is 2. The highest BCUT2D eigenvalue weighted by molar-refractivity contribution is 5.50. The molecule has 1 aliphatic heterocycles. The molecule has 1 heterocycles. The number of alkyl halides is 3. The third-order valence-electron chi connectivity index (χ3n) is 3.45. The van der Waals surface area contributed by atoms with Gasteiger partial charge in [0, 0.05) is 19.1 Å². The van der Waals surface area contributed by atoms with Crippen LogP contribution in [0.5, 0.6) is 0 Å². The first-order valence-electron chi connectivity index (χ1n) is 6.21. The summed E-state index contributed by atoms with van der Waals surface area (Å²) in [7, 11) is 1.83. The standard InChI is InChI=1S/C13H16F4N2/c1-18-10-3-2-6-19(8-10)12-5-4-9(7-11(12)14)13(15,16)17/h4-5,7,10,18H,2-3,6,8H2,1H3. The molecule has 1 aliphatic rings. The van der Waals surface area contributed by atoms with Crippen LogP contribution in [-0.4, -0.2) is 26.2 Å². The van der Waals surface area contributed by atoms with Crippen LogP contribution in [0, 0.1) is 5.82 Å². The van der Waals surface area contributed by atoms with Gasteiger partial charge in [0.1, 0.15) is 5.82 Å². The summed E-state index contributed by atoms with van der Waals surface area (Å²) in [5.41, 5.74) is -0.705. The molecule has 1 unspecified atom stereocenters. The SMILES string of the molecule is CNC1CCCN(c2ccc(C(F)(F)F)cc2F)C1. The van der Waals surface area contributed by atoms with Gasteiger partial charge in [-0.3, -0.25) is 0 Å². The van der Waals surface area contributed by atoms with Crippen molar-refractivity contribution >= 4 is 5.69 Å². The number of benzene rings is 1. The zero-order valence-electron chi connectivity index (χ0n) is 10.6. The second kappa shape index (κ2) is 5.36. The summed E-state index contributed by atoms with van der Waals surface area (Å²) in [6.07, 6.45) is -2.62. The lowest BCUT2D eigenvalue weighted by molar-refractivity contribution is -0.137. The number of piperidine rings is 1. The number of nitrogens with zero attached hydrogens (tertiary/aromatic N) is 1. The first kappa shape index (κ1) is 14.1. The molecule has 1 atom stereocenters. The van der Waals surface area contributed by atoms with Crippen LogP contribution >= 0.6 is 0 Å². The van der Waals surface area contributed by atoms with E-state index in [1.54, 1.807) is 4.90 Å². The number of nitrogens with one attached hydrogen (secondary N) is 1. The van der Waals surface area contributed by atoms with E-state index in [0.717, 1.165) is 18.9 Å². The molecule has 6 heteroatoms. The van der Waals surface area contributed by atoms with Gasteiger partial charge in [-0.05, 0) is 38.1 Å². The third-order valence-corrected chi connectivity index (χ3v) is 3.45. The number of halogens is 4. The van der Waals surface area contributed by atoms with Gasteiger partial charge in [0.2, 0.25) is 0 Å². The second-order valence-electron chi connectivity index (χ2n) is 4.74. The molecule has 2 nitrogen and oxygen atoms in total. The Hall–Kier alpha value is -1.30. The summed E-state index contributed by atoms with van der Waals surface area (Å²) < 4.78 is 51.2. The van der Waals surface area contributed by atoms with Crippen molar-refractivity contribution in [2.45, 2.75) is 25.1 Å². The molecule has 0 amide bonds. The molecule has 1 fully saturated rings. The largest absolute Gasteiger partial charge is 0.416 e. The average Bonchev–Trinajstić information content (AvgIpc) is 2.37. The van der Waals surface area contributed by atoms with Crippen LogP contribution in [0.15, 0.2) is 18.2 Å². The van der Waals surface area contributed by atoms with Crippen molar-refractivity contribution in [1.29, 1.82) is 0 Å². The molecule has 1 saturated heterocycles. The molecule has 0 radical (unpaired) electrons. The van der Waals surface area contributed by atoms with Gasteiger partial charge in [0.05, 0.1) is 11.3 Å². The molecular formula is C13H16F4N2. The first-order chi connectivity index (χ1) is 8.91. The van der Waals surface area contributed by atoms with Gasteiger partial charge in [0.25, 0.3) is 0 Å². The molecule has 0 bridgehead atoms. The molecule has 0 aromatic heterocycles. The summed E-state index contributed by atoms with van der Waals surface area (Å²) in [5.74, 6) is -0.813. The van der Waals surface area contributed by atoms with Crippen LogP contribution in [0.25, 0.3) is 0 Å². The molecule has 1 aromatic rings. The fraction of sp³-hybridized carbons (Fsp3) is 0.538. The highest BCUT2D eigenvalue weighted by atomic mass is 19.4. The number of likely N-dealkylation sites (N-methyl/N-ethyl adjacent to an activating group) is 1. The van der Waals surface area contributed by atoms with Gasteiger partial charge in [-0.15, -0.1) is 0 Å². The zero-order valence-corrected chi connectivity index (χ0v) is 10.6. The van der Waals surface area contributed by atoms with Crippen molar-refractivity contribution in [3.63, 3.8) is 0 Å². The van der Waals surface area contributed by atoms with E-state index in [-0.39, 0.29) is 11.7 Å². The Kier molecular flexibility index (Phi) is 3.99. The lowest BCUT2D eigenvalue weighted by atomic mass is 10.0. The number of anilines is 1. The molecule has 19 heavy (non-hydrogen) atoms. The van der Waals surface area contributed by atoms with E-state index in [1.165, 1.54) is 6.07 Å². The predicted octanol–water partition coefficient (Wildman–Crippen LogP) is 3.03. The highest BCUT2D eigenvalue weighted by Gasteiger charge is 2.32. The van der Waals surface area contributed by atoms with E-state index < -0.39 is 17.6 Å². The van der Waals surface area contributed by atoms with E-state index in [9.17, 15) is 17.6 Å². The third kappa shape index (κ3) is 3.18. The van der Waals surface area contributed by atoms with Crippen molar-refractivity contribution in [3.05, 3.63) is 29.6 Å². The van der Waals surface area contributed by atoms with Gasteiger partial charge in [-0.2, -0.15) is 13.2 Å². The minimum Gasteiger partial charge on any atom is -0.368 e. The minimum absolute atomic E-state index is 0.243. The molecule has 1 aromatic carbocycles. The summed E-state index contributed by atoms with van der Waals surface area (Å²) in [5, 5.41) is 3.11. The second-order valence-corrected chi connectivity index (χ2v) is 4.74. The van der Waals surface area contributed by atoms with E-state index in [1.807, 2.05) is 7.05 Å². The maximum absolute atomic E-state index is 13.8. The maximum atomic E-state index is 13.8. The Bertz CT molecular complexity index is 445. The fourth-order valence-corrected chi connectivity index (χ4v) is 2.37. The summed E-state index contributed by atoms with van der Waals surface area (Å²) >= 11 is 0. The lowest BCUT2D eigenvalue weighted by Gasteiger charge is -2.34. The van der Waals surface area contributed by atoms with Gasteiger partial charge in [-0.1, -0.05) is 0 Å². The minimum atomic E-state index is -4.51. The molecule has 2 rings (SSSR count). The zero-order chi connectivity index (χ0) is 14.0. The van der Waals surface area contributed by atoms with E-state index in [4.69, 9.17) is 0 Å². The van der Waals surface area contributed by atoms with Gasteiger partial charge in [0.15, 0.2) is 0 Å². The van der Waals surface area contributed by atoms with Crippen molar-refractivity contribution in [3.8, 4) is 0 Å². The predicted molar refractivity (Wildman–Crippen MR) is 65.7 cm³/mol. The molecule has 1 N–H and O–H groups in total. The quantitative estimate of drug-likeness (QED) is 0.835. The Labute approximate surface area is 109 Å². The Morgan fingerprint density at radius 1 is 1.32 bits per heavy atom.